The van der Waals surface area contributed by atoms with E-state index in [0.717, 1.165) is 0 Å². The molecule has 4 nitrogen and oxygen atoms in total. The summed E-state index contributed by atoms with van der Waals surface area (Å²) in [4.78, 5) is 25.7. The Bertz CT molecular complexity index is 550. The number of rotatable bonds is 3. The van der Waals surface area contributed by atoms with Crippen LogP contribution in [0.3, 0.4) is 0 Å². The number of amides is 2. The molecule has 1 N–H and O–H groups in total. The van der Waals surface area contributed by atoms with Crippen LogP contribution >= 0.6 is 11.6 Å². The molecule has 0 aliphatic carbocycles. The summed E-state index contributed by atoms with van der Waals surface area (Å²) < 4.78 is 14.2. The maximum Gasteiger partial charge on any atom is 0.250 e. The van der Waals surface area contributed by atoms with Gasteiger partial charge in [-0.15, -0.1) is 0 Å². The fraction of sp³-hybridized carbons (Fsp3) is 0.429. The van der Waals surface area contributed by atoms with Crippen LogP contribution in [0.15, 0.2) is 18.2 Å². The quantitative estimate of drug-likeness (QED) is 0.932. The third kappa shape index (κ3) is 2.38. The van der Waals surface area contributed by atoms with E-state index in [4.69, 9.17) is 11.6 Å². The van der Waals surface area contributed by atoms with Crippen LogP contribution in [0.5, 0.6) is 0 Å². The first-order chi connectivity index (χ1) is 9.51. The topological polar surface area (TPSA) is 49.4 Å². The summed E-state index contributed by atoms with van der Waals surface area (Å²) in [7, 11) is 0. The fourth-order valence-corrected chi connectivity index (χ4v) is 2.55. The van der Waals surface area contributed by atoms with Crippen molar-refractivity contribution in [2.75, 3.05) is 4.90 Å². The van der Waals surface area contributed by atoms with Crippen molar-refractivity contribution in [2.45, 2.75) is 38.8 Å². The van der Waals surface area contributed by atoms with Crippen LogP contribution in [-0.4, -0.2) is 23.9 Å². The zero-order valence-corrected chi connectivity index (χ0v) is 12.1. The van der Waals surface area contributed by atoms with E-state index >= 15 is 0 Å². The minimum atomic E-state index is -0.710. The number of nitrogens with zero attached hydrogens (tertiary/aromatic N) is 1. The number of piperazine rings is 1. The second-order valence-corrected chi connectivity index (χ2v) is 5.08. The van der Waals surface area contributed by atoms with Crippen molar-refractivity contribution in [3.8, 4) is 0 Å². The average molecular weight is 299 g/mol. The lowest BCUT2D eigenvalue weighted by atomic mass is 10.0. The van der Waals surface area contributed by atoms with E-state index in [-0.39, 0.29) is 22.5 Å². The minimum absolute atomic E-state index is 0.0580. The Morgan fingerprint density at radius 1 is 1.30 bits per heavy atom. The van der Waals surface area contributed by atoms with E-state index < -0.39 is 17.9 Å². The van der Waals surface area contributed by atoms with E-state index in [2.05, 4.69) is 5.32 Å². The van der Waals surface area contributed by atoms with Gasteiger partial charge in [-0.25, -0.2) is 4.39 Å². The molecule has 2 rings (SSSR count). The summed E-state index contributed by atoms with van der Waals surface area (Å²) >= 11 is 5.76. The van der Waals surface area contributed by atoms with Gasteiger partial charge in [-0.05, 0) is 25.0 Å². The van der Waals surface area contributed by atoms with Crippen LogP contribution in [0.25, 0.3) is 0 Å². The second-order valence-electron chi connectivity index (χ2n) is 4.67. The highest BCUT2D eigenvalue weighted by atomic mass is 35.5. The molecule has 1 saturated heterocycles. The Morgan fingerprint density at radius 3 is 2.60 bits per heavy atom. The Morgan fingerprint density at radius 2 is 2.00 bits per heavy atom. The lowest BCUT2D eigenvalue weighted by Crippen LogP contribution is -2.63. The molecular weight excluding hydrogens is 283 g/mol. The van der Waals surface area contributed by atoms with E-state index in [0.29, 0.717) is 12.8 Å². The van der Waals surface area contributed by atoms with Gasteiger partial charge in [0, 0.05) is 0 Å². The Labute approximate surface area is 121 Å². The SMILES string of the molecule is CCC1NC(=O)C(CC)N(c2cccc(Cl)c2F)C1=O. The van der Waals surface area contributed by atoms with Gasteiger partial charge in [0.05, 0.1) is 10.7 Å². The third-order valence-electron chi connectivity index (χ3n) is 3.45. The number of anilines is 1. The summed E-state index contributed by atoms with van der Waals surface area (Å²) in [6.07, 6.45) is 0.861. The van der Waals surface area contributed by atoms with Crippen molar-refractivity contribution in [3.05, 3.63) is 29.0 Å². The molecule has 0 bridgehead atoms. The van der Waals surface area contributed by atoms with Gasteiger partial charge in [-0.3, -0.25) is 14.5 Å². The summed E-state index contributed by atoms with van der Waals surface area (Å²) in [6.45, 7) is 3.57. The molecule has 20 heavy (non-hydrogen) atoms. The molecule has 2 unspecified atom stereocenters. The molecule has 0 saturated carbocycles. The van der Waals surface area contributed by atoms with E-state index in [9.17, 15) is 14.0 Å². The number of benzene rings is 1. The largest absolute Gasteiger partial charge is 0.342 e. The predicted octanol–water partition coefficient (Wildman–Crippen LogP) is 2.50. The van der Waals surface area contributed by atoms with Crippen molar-refractivity contribution in [1.82, 2.24) is 5.32 Å². The summed E-state index contributed by atoms with van der Waals surface area (Å²) in [6, 6.07) is 3.11. The molecule has 0 radical (unpaired) electrons. The number of hydrogen-bond donors (Lipinski definition) is 1. The molecule has 1 heterocycles. The molecule has 1 fully saturated rings. The molecule has 1 aliphatic heterocycles. The smallest absolute Gasteiger partial charge is 0.250 e. The minimum Gasteiger partial charge on any atom is -0.342 e. The van der Waals surface area contributed by atoms with Crippen LogP contribution in [0, 0.1) is 5.82 Å². The van der Waals surface area contributed by atoms with Crippen molar-refractivity contribution < 1.29 is 14.0 Å². The Kier molecular flexibility index (Phi) is 4.28. The molecule has 2 atom stereocenters. The average Bonchev–Trinajstić information content (AvgIpc) is 2.44. The van der Waals surface area contributed by atoms with Gasteiger partial charge >= 0.3 is 0 Å². The summed E-state index contributed by atoms with van der Waals surface area (Å²) in [5.41, 5.74) is 0.0580. The highest BCUT2D eigenvalue weighted by Crippen LogP contribution is 2.30. The van der Waals surface area contributed by atoms with E-state index in [1.807, 2.05) is 0 Å². The number of nitrogens with one attached hydrogen (secondary N) is 1. The monoisotopic (exact) mass is 298 g/mol. The number of hydrogen-bond acceptors (Lipinski definition) is 2. The lowest BCUT2D eigenvalue weighted by molar-refractivity contribution is -0.134. The second kappa shape index (κ2) is 5.79. The molecule has 0 spiro atoms. The predicted molar refractivity (Wildman–Crippen MR) is 75.2 cm³/mol. The van der Waals surface area contributed by atoms with Crippen LogP contribution in [-0.2, 0) is 9.59 Å². The van der Waals surface area contributed by atoms with Crippen LogP contribution in [0.4, 0.5) is 10.1 Å². The Hall–Kier alpha value is -1.62. The van der Waals surface area contributed by atoms with Gasteiger partial charge in [-0.2, -0.15) is 0 Å². The van der Waals surface area contributed by atoms with Gasteiger partial charge in [0.25, 0.3) is 0 Å². The molecule has 1 aliphatic rings. The van der Waals surface area contributed by atoms with Crippen LogP contribution in [0.2, 0.25) is 5.02 Å². The van der Waals surface area contributed by atoms with Crippen LogP contribution in [0.1, 0.15) is 26.7 Å². The third-order valence-corrected chi connectivity index (χ3v) is 3.74. The van der Waals surface area contributed by atoms with E-state index in [1.165, 1.54) is 17.0 Å². The van der Waals surface area contributed by atoms with Crippen molar-refractivity contribution in [2.24, 2.45) is 0 Å². The maximum absolute atomic E-state index is 14.2. The Balaban J connectivity index is 2.51. The van der Waals surface area contributed by atoms with E-state index in [1.54, 1.807) is 19.9 Å². The fourth-order valence-electron chi connectivity index (χ4n) is 2.38. The van der Waals surface area contributed by atoms with Gasteiger partial charge in [0.1, 0.15) is 12.1 Å². The molecule has 108 valence electrons. The van der Waals surface area contributed by atoms with Crippen molar-refractivity contribution in [1.29, 1.82) is 0 Å². The molecule has 1 aromatic carbocycles. The first-order valence-electron chi connectivity index (χ1n) is 6.58. The molecule has 2 amide bonds. The van der Waals surface area contributed by atoms with Crippen LogP contribution < -0.4 is 10.2 Å². The standard InChI is InChI=1S/C14H16ClFN2O2/c1-3-9-14(20)18(10(4-2)13(19)17-9)11-7-5-6-8(15)12(11)16/h5-7,9-10H,3-4H2,1-2H3,(H,17,19). The molecule has 1 aromatic rings. The highest BCUT2D eigenvalue weighted by Gasteiger charge is 2.40. The number of halogens is 2. The zero-order chi connectivity index (χ0) is 14.9. The lowest BCUT2D eigenvalue weighted by Gasteiger charge is -2.38. The van der Waals surface area contributed by atoms with Gasteiger partial charge in [-0.1, -0.05) is 31.5 Å². The number of carbonyl (C=O) groups excluding carboxylic acids is 2. The van der Waals surface area contributed by atoms with Crippen molar-refractivity contribution in [3.63, 3.8) is 0 Å². The first kappa shape index (κ1) is 14.8. The molecule has 0 aromatic heterocycles. The van der Waals surface area contributed by atoms with Crippen molar-refractivity contribution >= 4 is 29.1 Å². The normalized spacial score (nSPS) is 22.9. The molecule has 6 heteroatoms. The highest BCUT2D eigenvalue weighted by molar-refractivity contribution is 6.31. The van der Waals surface area contributed by atoms with Gasteiger partial charge in [0.2, 0.25) is 11.8 Å². The first-order valence-corrected chi connectivity index (χ1v) is 6.96. The summed E-state index contributed by atoms with van der Waals surface area (Å²) in [5.74, 6) is -1.25. The summed E-state index contributed by atoms with van der Waals surface area (Å²) in [5, 5.41) is 2.60. The maximum atomic E-state index is 14.2. The molecular formula is C14H16ClFN2O2. The number of carbonyl (C=O) groups is 2. The van der Waals surface area contributed by atoms with Gasteiger partial charge < -0.3 is 5.32 Å². The zero-order valence-electron chi connectivity index (χ0n) is 11.3. The van der Waals surface area contributed by atoms with Gasteiger partial charge in [0.15, 0.2) is 5.82 Å².